The van der Waals surface area contributed by atoms with Gasteiger partial charge in [-0.3, -0.25) is 9.71 Å². The van der Waals surface area contributed by atoms with Gasteiger partial charge in [0.2, 0.25) is 10.0 Å². The van der Waals surface area contributed by atoms with Gasteiger partial charge in [0.15, 0.2) is 0 Å². The Kier molecular flexibility index (Phi) is 4.80. The van der Waals surface area contributed by atoms with Crippen molar-refractivity contribution in [2.75, 3.05) is 17.8 Å². The molecule has 0 aliphatic rings. The van der Waals surface area contributed by atoms with Crippen LogP contribution in [0.3, 0.4) is 0 Å². The molecule has 0 radical (unpaired) electrons. The quantitative estimate of drug-likeness (QED) is 0.859. The Morgan fingerprint density at radius 1 is 1.29 bits per heavy atom. The van der Waals surface area contributed by atoms with E-state index in [1.165, 1.54) is 0 Å². The van der Waals surface area contributed by atoms with Crippen LogP contribution in [0.5, 0.6) is 0 Å². The van der Waals surface area contributed by atoms with Crippen LogP contribution in [0.4, 0.5) is 5.69 Å². The first-order valence-electron chi connectivity index (χ1n) is 7.02. The molecule has 0 saturated heterocycles. The molecule has 0 saturated carbocycles. The standard InChI is InChI=1S/C15H21N3O2S/c1-4-16-10-12(3)21(19,20)18-15-9-11(2)17-14-8-6-5-7-13(14)15/h5-9,12,16H,4,10H2,1-3H3,(H,17,18). The lowest BCUT2D eigenvalue weighted by molar-refractivity contribution is 0.579. The summed E-state index contributed by atoms with van der Waals surface area (Å²) in [6, 6.07) is 9.27. The highest BCUT2D eigenvalue weighted by Crippen LogP contribution is 2.24. The molecule has 2 rings (SSSR count). The first-order chi connectivity index (χ1) is 9.94. The molecule has 6 heteroatoms. The van der Waals surface area contributed by atoms with Crippen molar-refractivity contribution in [1.82, 2.24) is 10.3 Å². The molecule has 0 aliphatic carbocycles. The number of hydrogen-bond donors (Lipinski definition) is 2. The minimum atomic E-state index is -3.43. The molecule has 1 aromatic carbocycles. The molecule has 21 heavy (non-hydrogen) atoms. The van der Waals surface area contributed by atoms with E-state index in [1.807, 2.05) is 38.1 Å². The summed E-state index contributed by atoms with van der Waals surface area (Å²) in [4.78, 5) is 4.41. The number of anilines is 1. The topological polar surface area (TPSA) is 71.1 Å². The van der Waals surface area contributed by atoms with Crippen LogP contribution in [-0.4, -0.2) is 31.7 Å². The summed E-state index contributed by atoms with van der Waals surface area (Å²) in [6.45, 7) is 6.67. The zero-order valence-electron chi connectivity index (χ0n) is 12.6. The number of rotatable bonds is 6. The summed E-state index contributed by atoms with van der Waals surface area (Å²) in [7, 11) is -3.43. The molecule has 0 fully saturated rings. The first kappa shape index (κ1) is 15.7. The van der Waals surface area contributed by atoms with Gasteiger partial charge in [-0.25, -0.2) is 8.42 Å². The van der Waals surface area contributed by atoms with E-state index < -0.39 is 15.3 Å². The average molecular weight is 307 g/mol. The maximum absolute atomic E-state index is 12.4. The van der Waals surface area contributed by atoms with Crippen molar-refractivity contribution in [2.24, 2.45) is 0 Å². The highest BCUT2D eigenvalue weighted by Gasteiger charge is 2.21. The predicted molar refractivity (Wildman–Crippen MR) is 87.0 cm³/mol. The van der Waals surface area contributed by atoms with E-state index in [0.717, 1.165) is 23.1 Å². The number of benzene rings is 1. The highest BCUT2D eigenvalue weighted by atomic mass is 32.2. The largest absolute Gasteiger partial charge is 0.316 e. The van der Waals surface area contributed by atoms with Crippen molar-refractivity contribution < 1.29 is 8.42 Å². The molecule has 0 bridgehead atoms. The third-order valence-corrected chi connectivity index (χ3v) is 5.04. The molecule has 2 aromatic rings. The third kappa shape index (κ3) is 3.71. The third-order valence-electron chi connectivity index (χ3n) is 3.31. The van der Waals surface area contributed by atoms with Crippen molar-refractivity contribution in [3.8, 4) is 0 Å². The lowest BCUT2D eigenvalue weighted by Crippen LogP contribution is -2.34. The van der Waals surface area contributed by atoms with E-state index in [4.69, 9.17) is 0 Å². The molecule has 114 valence electrons. The van der Waals surface area contributed by atoms with E-state index in [9.17, 15) is 8.42 Å². The molecular weight excluding hydrogens is 286 g/mol. The molecule has 5 nitrogen and oxygen atoms in total. The zero-order valence-corrected chi connectivity index (χ0v) is 13.4. The van der Waals surface area contributed by atoms with Gasteiger partial charge in [-0.05, 0) is 32.5 Å². The maximum Gasteiger partial charge on any atom is 0.236 e. The number of fused-ring (bicyclic) bond motifs is 1. The molecule has 0 aliphatic heterocycles. The van der Waals surface area contributed by atoms with Crippen LogP contribution in [0.15, 0.2) is 30.3 Å². The van der Waals surface area contributed by atoms with Crippen LogP contribution >= 0.6 is 0 Å². The van der Waals surface area contributed by atoms with Gasteiger partial charge in [0.1, 0.15) is 0 Å². The molecule has 1 atom stereocenters. The minimum Gasteiger partial charge on any atom is -0.316 e. The van der Waals surface area contributed by atoms with Crippen LogP contribution in [-0.2, 0) is 10.0 Å². The van der Waals surface area contributed by atoms with Gasteiger partial charge in [-0.2, -0.15) is 0 Å². The van der Waals surface area contributed by atoms with Gasteiger partial charge in [-0.1, -0.05) is 25.1 Å². The molecular formula is C15H21N3O2S. The van der Waals surface area contributed by atoms with E-state index >= 15 is 0 Å². The molecule has 0 spiro atoms. The first-order valence-corrected chi connectivity index (χ1v) is 8.57. The normalized spacial score (nSPS) is 13.3. The van der Waals surface area contributed by atoms with Crippen molar-refractivity contribution in [2.45, 2.75) is 26.0 Å². The van der Waals surface area contributed by atoms with Crippen molar-refractivity contribution in [1.29, 1.82) is 0 Å². The van der Waals surface area contributed by atoms with Gasteiger partial charge in [0.05, 0.1) is 16.5 Å². The van der Waals surface area contributed by atoms with Crippen molar-refractivity contribution >= 4 is 26.6 Å². The second-order valence-corrected chi connectivity index (χ2v) is 7.19. The number of pyridine rings is 1. The molecule has 2 N–H and O–H groups in total. The number of hydrogen-bond acceptors (Lipinski definition) is 4. The predicted octanol–water partition coefficient (Wildman–Crippen LogP) is 2.28. The van der Waals surface area contributed by atoms with Crippen LogP contribution in [0.25, 0.3) is 10.9 Å². The molecule has 1 aromatic heterocycles. The Balaban J connectivity index is 2.35. The van der Waals surface area contributed by atoms with Gasteiger partial charge >= 0.3 is 0 Å². The highest BCUT2D eigenvalue weighted by molar-refractivity contribution is 7.93. The zero-order chi connectivity index (χ0) is 15.5. The fourth-order valence-corrected chi connectivity index (χ4v) is 3.12. The maximum atomic E-state index is 12.4. The Hall–Kier alpha value is -1.66. The van der Waals surface area contributed by atoms with Crippen LogP contribution in [0.1, 0.15) is 19.5 Å². The summed E-state index contributed by atoms with van der Waals surface area (Å²) < 4.78 is 27.5. The fourth-order valence-electron chi connectivity index (χ4n) is 2.10. The van der Waals surface area contributed by atoms with Crippen LogP contribution < -0.4 is 10.0 Å². The number of aryl methyl sites for hydroxylation is 1. The Morgan fingerprint density at radius 2 is 2.00 bits per heavy atom. The van der Waals surface area contributed by atoms with E-state index in [2.05, 4.69) is 15.0 Å². The van der Waals surface area contributed by atoms with Gasteiger partial charge in [0.25, 0.3) is 0 Å². The van der Waals surface area contributed by atoms with Gasteiger partial charge < -0.3 is 5.32 Å². The monoisotopic (exact) mass is 307 g/mol. The number of nitrogens with zero attached hydrogens (tertiary/aromatic N) is 1. The summed E-state index contributed by atoms with van der Waals surface area (Å²) in [6.07, 6.45) is 0. The summed E-state index contributed by atoms with van der Waals surface area (Å²) in [5.74, 6) is 0. The number of aromatic nitrogens is 1. The minimum absolute atomic E-state index is 0.424. The second-order valence-electron chi connectivity index (χ2n) is 5.09. The lowest BCUT2D eigenvalue weighted by atomic mass is 10.2. The number of nitrogens with one attached hydrogen (secondary N) is 2. The Morgan fingerprint density at radius 3 is 2.71 bits per heavy atom. The fraction of sp³-hybridized carbons (Fsp3) is 0.400. The number of sulfonamides is 1. The molecule has 1 unspecified atom stereocenters. The SMILES string of the molecule is CCNCC(C)S(=O)(=O)Nc1cc(C)nc2ccccc12. The summed E-state index contributed by atoms with van der Waals surface area (Å²) >= 11 is 0. The van der Waals surface area contributed by atoms with Gasteiger partial charge in [-0.15, -0.1) is 0 Å². The molecule has 1 heterocycles. The van der Waals surface area contributed by atoms with Crippen molar-refractivity contribution in [3.63, 3.8) is 0 Å². The summed E-state index contributed by atoms with van der Waals surface area (Å²) in [5, 5.41) is 3.36. The van der Waals surface area contributed by atoms with E-state index in [0.29, 0.717) is 12.2 Å². The van der Waals surface area contributed by atoms with Crippen LogP contribution in [0.2, 0.25) is 0 Å². The summed E-state index contributed by atoms with van der Waals surface area (Å²) in [5.41, 5.74) is 2.15. The Labute approximate surface area is 125 Å². The lowest BCUT2D eigenvalue weighted by Gasteiger charge is -2.16. The van der Waals surface area contributed by atoms with Crippen LogP contribution in [0, 0.1) is 6.92 Å². The van der Waals surface area contributed by atoms with Gasteiger partial charge in [0, 0.05) is 17.6 Å². The number of para-hydroxylation sites is 1. The average Bonchev–Trinajstić information content (AvgIpc) is 2.44. The second kappa shape index (κ2) is 6.41. The smallest absolute Gasteiger partial charge is 0.236 e. The van der Waals surface area contributed by atoms with E-state index in [1.54, 1.807) is 13.0 Å². The van der Waals surface area contributed by atoms with Crippen molar-refractivity contribution in [3.05, 3.63) is 36.0 Å². The Bertz CT molecular complexity index is 729. The molecule has 0 amide bonds. The van der Waals surface area contributed by atoms with E-state index in [-0.39, 0.29) is 0 Å².